The number of hydrogen-bond donors (Lipinski definition) is 1. The van der Waals surface area contributed by atoms with Crippen molar-refractivity contribution in [2.24, 2.45) is 5.92 Å². The van der Waals surface area contributed by atoms with Crippen LogP contribution >= 0.6 is 11.8 Å². The van der Waals surface area contributed by atoms with Crippen molar-refractivity contribution < 1.29 is 14.6 Å². The second-order valence-corrected chi connectivity index (χ2v) is 7.41. The van der Waals surface area contributed by atoms with E-state index in [4.69, 9.17) is 4.74 Å². The monoisotopic (exact) mass is 322 g/mol. The molecule has 1 aromatic carbocycles. The lowest BCUT2D eigenvalue weighted by Gasteiger charge is -2.42. The molecule has 1 saturated carbocycles. The number of benzene rings is 1. The second kappa shape index (κ2) is 7.51. The Morgan fingerprint density at radius 3 is 2.73 bits per heavy atom. The van der Waals surface area contributed by atoms with E-state index in [1.807, 2.05) is 0 Å². The van der Waals surface area contributed by atoms with Gasteiger partial charge >= 0.3 is 5.97 Å². The van der Waals surface area contributed by atoms with E-state index in [0.717, 1.165) is 24.2 Å². The largest absolute Gasteiger partial charge is 0.466 e. The van der Waals surface area contributed by atoms with Gasteiger partial charge in [-0.3, -0.25) is 4.79 Å². The van der Waals surface area contributed by atoms with Crippen LogP contribution in [0.2, 0.25) is 0 Å². The molecule has 0 saturated heterocycles. The first kappa shape index (κ1) is 17.4. The molecule has 122 valence electrons. The highest BCUT2D eigenvalue weighted by Gasteiger charge is 2.47. The number of aliphatic hydroxyl groups is 1. The fourth-order valence-corrected chi connectivity index (χ4v) is 4.49. The van der Waals surface area contributed by atoms with Crippen molar-refractivity contribution in [2.45, 2.75) is 62.2 Å². The summed E-state index contributed by atoms with van der Waals surface area (Å²) in [5.74, 6) is -0.780. The number of aryl methyl sites for hydroxylation is 1. The van der Waals surface area contributed by atoms with Crippen LogP contribution in [0.5, 0.6) is 0 Å². The van der Waals surface area contributed by atoms with Crippen LogP contribution in [0.4, 0.5) is 0 Å². The molecule has 1 aromatic rings. The third kappa shape index (κ3) is 3.85. The van der Waals surface area contributed by atoms with Gasteiger partial charge in [-0.05, 0) is 45.7 Å². The molecule has 1 aliphatic carbocycles. The third-order valence-corrected chi connectivity index (χ3v) is 6.01. The molecular formula is C18H26O3S. The van der Waals surface area contributed by atoms with Crippen LogP contribution < -0.4 is 0 Å². The molecule has 1 aliphatic rings. The zero-order valence-corrected chi connectivity index (χ0v) is 14.5. The van der Waals surface area contributed by atoms with Gasteiger partial charge < -0.3 is 9.84 Å². The molecule has 0 bridgehead atoms. The highest BCUT2D eigenvalue weighted by Crippen LogP contribution is 2.44. The highest BCUT2D eigenvalue weighted by molar-refractivity contribution is 8.00. The first-order chi connectivity index (χ1) is 10.5. The lowest BCUT2D eigenvalue weighted by atomic mass is 9.76. The Morgan fingerprint density at radius 2 is 2.09 bits per heavy atom. The molecule has 3 nitrogen and oxygen atoms in total. The standard InChI is InChI=1S/C18H26O3S/c1-4-21-17(19)14(3)18(20)12-6-5-7-16(18)22-15-10-8-13(2)9-11-15/h8-11,14,16,20H,4-7,12H2,1-3H3/t14-,16+,18+/m1/s1. The van der Waals surface area contributed by atoms with Crippen LogP contribution in [0.15, 0.2) is 29.2 Å². The molecule has 1 N–H and O–H groups in total. The second-order valence-electron chi connectivity index (χ2n) is 6.13. The lowest BCUT2D eigenvalue weighted by Crippen LogP contribution is -2.51. The number of rotatable bonds is 5. The Kier molecular flexibility index (Phi) is 5.93. The Balaban J connectivity index is 2.15. The van der Waals surface area contributed by atoms with Gasteiger partial charge in [-0.1, -0.05) is 30.5 Å². The van der Waals surface area contributed by atoms with Gasteiger partial charge in [0.2, 0.25) is 0 Å². The zero-order valence-electron chi connectivity index (χ0n) is 13.7. The lowest BCUT2D eigenvalue weighted by molar-refractivity contribution is -0.158. The molecule has 0 radical (unpaired) electrons. The van der Waals surface area contributed by atoms with E-state index < -0.39 is 11.5 Å². The van der Waals surface area contributed by atoms with Crippen molar-refractivity contribution in [2.75, 3.05) is 6.61 Å². The molecule has 0 aromatic heterocycles. The predicted octanol–water partition coefficient (Wildman–Crippen LogP) is 3.96. The summed E-state index contributed by atoms with van der Waals surface area (Å²) in [4.78, 5) is 13.2. The van der Waals surface area contributed by atoms with Gasteiger partial charge in [0, 0.05) is 10.1 Å². The molecule has 4 heteroatoms. The van der Waals surface area contributed by atoms with E-state index in [1.54, 1.807) is 25.6 Å². The summed E-state index contributed by atoms with van der Waals surface area (Å²) < 4.78 is 5.13. The van der Waals surface area contributed by atoms with Crippen LogP contribution in [0, 0.1) is 12.8 Å². The molecule has 0 unspecified atom stereocenters. The van der Waals surface area contributed by atoms with Gasteiger partial charge in [-0.25, -0.2) is 0 Å². The predicted molar refractivity (Wildman–Crippen MR) is 90.0 cm³/mol. The number of esters is 1. The summed E-state index contributed by atoms with van der Waals surface area (Å²) in [6, 6.07) is 8.34. The first-order valence-corrected chi connectivity index (χ1v) is 8.97. The van der Waals surface area contributed by atoms with E-state index in [-0.39, 0.29) is 11.2 Å². The van der Waals surface area contributed by atoms with Gasteiger partial charge in [0.05, 0.1) is 18.1 Å². The van der Waals surface area contributed by atoms with E-state index in [2.05, 4.69) is 31.2 Å². The van der Waals surface area contributed by atoms with Gasteiger partial charge in [-0.2, -0.15) is 0 Å². The van der Waals surface area contributed by atoms with Crippen LogP contribution in [-0.4, -0.2) is 28.5 Å². The molecule has 0 amide bonds. The van der Waals surface area contributed by atoms with Gasteiger partial charge in [0.1, 0.15) is 0 Å². The maximum atomic E-state index is 12.1. The zero-order chi connectivity index (χ0) is 16.2. The maximum absolute atomic E-state index is 12.1. The van der Waals surface area contributed by atoms with E-state index in [9.17, 15) is 9.90 Å². The summed E-state index contributed by atoms with van der Waals surface area (Å²) in [5, 5.41) is 11.2. The number of hydrogen-bond acceptors (Lipinski definition) is 4. The Hall–Kier alpha value is -1.00. The summed E-state index contributed by atoms with van der Waals surface area (Å²) in [6.07, 6.45) is 3.65. The molecule has 22 heavy (non-hydrogen) atoms. The highest BCUT2D eigenvalue weighted by atomic mass is 32.2. The summed E-state index contributed by atoms with van der Waals surface area (Å²) in [7, 11) is 0. The minimum atomic E-state index is -0.986. The van der Waals surface area contributed by atoms with Crippen LogP contribution in [0.3, 0.4) is 0 Å². The SMILES string of the molecule is CCOC(=O)[C@@H](C)[C@@]1(O)CCCC[C@@H]1Sc1ccc(C)cc1. The van der Waals surface area contributed by atoms with Crippen molar-refractivity contribution in [1.82, 2.24) is 0 Å². The van der Waals surface area contributed by atoms with E-state index >= 15 is 0 Å². The van der Waals surface area contributed by atoms with E-state index in [1.165, 1.54) is 5.56 Å². The smallest absolute Gasteiger partial charge is 0.311 e. The van der Waals surface area contributed by atoms with Gasteiger partial charge in [0.15, 0.2) is 0 Å². The number of carbonyl (C=O) groups excluding carboxylic acids is 1. The number of carbonyl (C=O) groups is 1. The summed E-state index contributed by atoms with van der Waals surface area (Å²) in [6.45, 7) is 6.02. The number of ether oxygens (including phenoxy) is 1. The Morgan fingerprint density at radius 1 is 1.41 bits per heavy atom. The Labute approximate surface area is 137 Å². The fourth-order valence-electron chi connectivity index (χ4n) is 3.06. The normalized spacial score (nSPS) is 26.5. The van der Waals surface area contributed by atoms with Crippen LogP contribution in [0.1, 0.15) is 45.1 Å². The van der Waals surface area contributed by atoms with Gasteiger partial charge in [-0.15, -0.1) is 11.8 Å². The van der Waals surface area contributed by atoms with Crippen molar-refractivity contribution in [3.05, 3.63) is 29.8 Å². The molecule has 3 atom stereocenters. The van der Waals surface area contributed by atoms with Crippen molar-refractivity contribution in [3.8, 4) is 0 Å². The molecular weight excluding hydrogens is 296 g/mol. The first-order valence-electron chi connectivity index (χ1n) is 8.09. The molecule has 1 fully saturated rings. The quantitative estimate of drug-likeness (QED) is 0.834. The minimum absolute atomic E-state index is 0.0309. The van der Waals surface area contributed by atoms with E-state index in [0.29, 0.717) is 13.0 Å². The molecule has 0 spiro atoms. The average molecular weight is 322 g/mol. The summed E-state index contributed by atoms with van der Waals surface area (Å²) in [5.41, 5.74) is 0.239. The van der Waals surface area contributed by atoms with Crippen molar-refractivity contribution >= 4 is 17.7 Å². The molecule has 0 heterocycles. The number of thioether (sulfide) groups is 1. The van der Waals surface area contributed by atoms with Crippen molar-refractivity contribution in [3.63, 3.8) is 0 Å². The fraction of sp³-hybridized carbons (Fsp3) is 0.611. The van der Waals surface area contributed by atoms with Crippen molar-refractivity contribution in [1.29, 1.82) is 0 Å². The molecule has 0 aliphatic heterocycles. The average Bonchev–Trinajstić information content (AvgIpc) is 2.51. The Bertz CT molecular complexity index is 500. The maximum Gasteiger partial charge on any atom is 0.311 e. The molecule has 2 rings (SSSR count). The van der Waals surface area contributed by atoms with Gasteiger partial charge in [0.25, 0.3) is 0 Å². The topological polar surface area (TPSA) is 46.5 Å². The minimum Gasteiger partial charge on any atom is -0.466 e. The summed E-state index contributed by atoms with van der Waals surface area (Å²) >= 11 is 1.69. The van der Waals surface area contributed by atoms with Crippen LogP contribution in [-0.2, 0) is 9.53 Å². The third-order valence-electron chi connectivity index (χ3n) is 4.54. The van der Waals surface area contributed by atoms with Crippen LogP contribution in [0.25, 0.3) is 0 Å².